The van der Waals surface area contributed by atoms with Gasteiger partial charge in [-0.1, -0.05) is 32.3 Å². The summed E-state index contributed by atoms with van der Waals surface area (Å²) >= 11 is 0. The van der Waals surface area contributed by atoms with Crippen molar-refractivity contribution in [2.75, 3.05) is 7.11 Å². The standard InChI is InChI=1S/C21H24O4/c1-21(8-4-3-5-9-21)17-11-14(6-7-18(17)23)15-10-16(13-22)20(24)19(12-15)25-2/h6-7,10-13,23-24H,3-5,8-9H2,1-2H3. The van der Waals surface area contributed by atoms with Crippen molar-refractivity contribution in [1.29, 1.82) is 0 Å². The maximum atomic E-state index is 11.2. The summed E-state index contributed by atoms with van der Waals surface area (Å²) in [5, 5.41) is 20.4. The van der Waals surface area contributed by atoms with Gasteiger partial charge in [0.05, 0.1) is 12.7 Å². The van der Waals surface area contributed by atoms with E-state index in [0.29, 0.717) is 12.0 Å². The fourth-order valence-electron chi connectivity index (χ4n) is 3.84. The Kier molecular flexibility index (Phi) is 4.71. The molecule has 1 saturated carbocycles. The van der Waals surface area contributed by atoms with E-state index in [4.69, 9.17) is 4.74 Å². The van der Waals surface area contributed by atoms with Crippen molar-refractivity contribution in [1.82, 2.24) is 0 Å². The molecule has 0 unspecified atom stereocenters. The summed E-state index contributed by atoms with van der Waals surface area (Å²) in [5.74, 6) is 0.423. The molecule has 0 atom stereocenters. The molecule has 0 aliphatic heterocycles. The van der Waals surface area contributed by atoms with Crippen LogP contribution in [0.25, 0.3) is 11.1 Å². The predicted molar refractivity (Wildman–Crippen MR) is 97.6 cm³/mol. The number of carbonyl (C=O) groups is 1. The first-order chi connectivity index (χ1) is 12.0. The second-order valence-corrected chi connectivity index (χ2v) is 7.09. The van der Waals surface area contributed by atoms with Crippen LogP contribution in [0.3, 0.4) is 0 Å². The Balaban J connectivity index is 2.10. The summed E-state index contributed by atoms with van der Waals surface area (Å²) in [6, 6.07) is 8.89. The number of benzene rings is 2. The molecule has 25 heavy (non-hydrogen) atoms. The molecule has 0 heterocycles. The van der Waals surface area contributed by atoms with Crippen molar-refractivity contribution in [2.45, 2.75) is 44.4 Å². The average molecular weight is 340 g/mol. The summed E-state index contributed by atoms with van der Waals surface area (Å²) in [7, 11) is 1.46. The average Bonchev–Trinajstić information content (AvgIpc) is 2.63. The normalized spacial score (nSPS) is 16.4. The molecule has 4 heteroatoms. The Hall–Kier alpha value is -2.49. The minimum Gasteiger partial charge on any atom is -0.508 e. The summed E-state index contributed by atoms with van der Waals surface area (Å²) in [4.78, 5) is 11.2. The highest BCUT2D eigenvalue weighted by Gasteiger charge is 2.31. The molecular weight excluding hydrogens is 316 g/mol. The molecule has 0 bridgehead atoms. The van der Waals surface area contributed by atoms with Gasteiger partial charge in [0.1, 0.15) is 5.75 Å². The molecule has 2 aromatic rings. The molecule has 0 radical (unpaired) electrons. The number of methoxy groups -OCH3 is 1. The monoisotopic (exact) mass is 340 g/mol. The minimum absolute atomic E-state index is 0.0349. The molecule has 2 aromatic carbocycles. The second-order valence-electron chi connectivity index (χ2n) is 7.09. The topological polar surface area (TPSA) is 66.8 Å². The minimum atomic E-state index is -0.153. The van der Waals surface area contributed by atoms with Crippen LogP contribution < -0.4 is 4.74 Å². The number of phenols is 2. The summed E-state index contributed by atoms with van der Waals surface area (Å²) < 4.78 is 5.18. The van der Waals surface area contributed by atoms with E-state index in [-0.39, 0.29) is 22.5 Å². The molecule has 4 nitrogen and oxygen atoms in total. The molecule has 132 valence electrons. The number of carbonyl (C=O) groups excluding carboxylic acids is 1. The smallest absolute Gasteiger partial charge is 0.168 e. The molecule has 1 aliphatic carbocycles. The van der Waals surface area contributed by atoms with Gasteiger partial charge in [-0.05, 0) is 53.6 Å². The van der Waals surface area contributed by atoms with Crippen LogP contribution in [0.1, 0.15) is 54.9 Å². The van der Waals surface area contributed by atoms with Crippen molar-refractivity contribution in [3.63, 3.8) is 0 Å². The molecule has 0 aromatic heterocycles. The van der Waals surface area contributed by atoms with Crippen LogP contribution in [0, 0.1) is 0 Å². The van der Waals surface area contributed by atoms with Crippen molar-refractivity contribution in [3.05, 3.63) is 41.5 Å². The first-order valence-electron chi connectivity index (χ1n) is 8.68. The zero-order chi connectivity index (χ0) is 18.0. The fraction of sp³-hybridized carbons (Fsp3) is 0.381. The van der Waals surface area contributed by atoms with Crippen molar-refractivity contribution >= 4 is 6.29 Å². The van der Waals surface area contributed by atoms with E-state index < -0.39 is 0 Å². The Morgan fingerprint density at radius 2 is 1.76 bits per heavy atom. The molecule has 0 amide bonds. The van der Waals surface area contributed by atoms with Crippen LogP contribution in [0.5, 0.6) is 17.2 Å². The maximum absolute atomic E-state index is 11.2. The third kappa shape index (κ3) is 3.21. The number of aldehydes is 1. The largest absolute Gasteiger partial charge is 0.508 e. The number of phenolic OH excluding ortho intramolecular Hbond substituents is 2. The van der Waals surface area contributed by atoms with Gasteiger partial charge in [0.25, 0.3) is 0 Å². The zero-order valence-electron chi connectivity index (χ0n) is 14.7. The van der Waals surface area contributed by atoms with E-state index >= 15 is 0 Å². The third-order valence-corrected chi connectivity index (χ3v) is 5.39. The Morgan fingerprint density at radius 1 is 1.04 bits per heavy atom. The van der Waals surface area contributed by atoms with Crippen LogP contribution in [-0.4, -0.2) is 23.6 Å². The fourth-order valence-corrected chi connectivity index (χ4v) is 3.84. The SMILES string of the molecule is COc1cc(-c2ccc(O)c(C3(C)CCCCC3)c2)cc(C=O)c1O. The number of hydrogen-bond acceptors (Lipinski definition) is 4. The van der Waals surface area contributed by atoms with Gasteiger partial charge in [-0.3, -0.25) is 4.79 Å². The van der Waals surface area contributed by atoms with Gasteiger partial charge in [0, 0.05) is 5.56 Å². The second kappa shape index (κ2) is 6.79. The Morgan fingerprint density at radius 3 is 2.40 bits per heavy atom. The van der Waals surface area contributed by atoms with Crippen LogP contribution in [-0.2, 0) is 5.41 Å². The molecule has 3 rings (SSSR count). The predicted octanol–water partition coefficient (Wildman–Crippen LogP) is 4.81. The lowest BCUT2D eigenvalue weighted by atomic mass is 9.70. The van der Waals surface area contributed by atoms with Crippen LogP contribution in [0.15, 0.2) is 30.3 Å². The summed E-state index contributed by atoms with van der Waals surface area (Å²) in [6.07, 6.45) is 6.31. The molecule has 0 saturated heterocycles. The van der Waals surface area contributed by atoms with Crippen LogP contribution >= 0.6 is 0 Å². The van der Waals surface area contributed by atoms with E-state index in [9.17, 15) is 15.0 Å². The van der Waals surface area contributed by atoms with Crippen molar-refractivity contribution < 1.29 is 19.7 Å². The van der Waals surface area contributed by atoms with E-state index in [1.54, 1.807) is 18.2 Å². The van der Waals surface area contributed by atoms with Gasteiger partial charge in [-0.15, -0.1) is 0 Å². The lowest BCUT2D eigenvalue weighted by Gasteiger charge is -2.35. The molecule has 1 fully saturated rings. The Labute approximate surface area is 148 Å². The number of hydrogen-bond donors (Lipinski definition) is 2. The van der Waals surface area contributed by atoms with E-state index in [1.165, 1.54) is 26.4 Å². The van der Waals surface area contributed by atoms with E-state index in [2.05, 4.69) is 6.92 Å². The van der Waals surface area contributed by atoms with Crippen LogP contribution in [0.2, 0.25) is 0 Å². The first-order valence-corrected chi connectivity index (χ1v) is 8.68. The van der Waals surface area contributed by atoms with Gasteiger partial charge < -0.3 is 14.9 Å². The van der Waals surface area contributed by atoms with E-state index in [0.717, 1.165) is 29.5 Å². The quantitative estimate of drug-likeness (QED) is 0.784. The van der Waals surface area contributed by atoms with Gasteiger partial charge in [0.2, 0.25) is 0 Å². The number of rotatable bonds is 4. The van der Waals surface area contributed by atoms with Gasteiger partial charge in [-0.2, -0.15) is 0 Å². The highest BCUT2D eigenvalue weighted by atomic mass is 16.5. The highest BCUT2D eigenvalue weighted by Crippen LogP contribution is 2.44. The third-order valence-electron chi connectivity index (χ3n) is 5.39. The number of aromatic hydroxyl groups is 2. The lowest BCUT2D eigenvalue weighted by molar-refractivity contribution is 0.112. The van der Waals surface area contributed by atoms with E-state index in [1.807, 2.05) is 12.1 Å². The molecule has 0 spiro atoms. The first kappa shape index (κ1) is 17.3. The lowest BCUT2D eigenvalue weighted by Crippen LogP contribution is -2.25. The number of ether oxygens (including phenoxy) is 1. The van der Waals surface area contributed by atoms with Gasteiger partial charge in [-0.25, -0.2) is 0 Å². The molecule has 1 aliphatic rings. The molecular formula is C21H24O4. The highest BCUT2D eigenvalue weighted by molar-refractivity contribution is 5.85. The van der Waals surface area contributed by atoms with Crippen molar-refractivity contribution in [3.8, 4) is 28.4 Å². The Bertz CT molecular complexity index is 789. The van der Waals surface area contributed by atoms with Gasteiger partial charge in [0.15, 0.2) is 17.8 Å². The van der Waals surface area contributed by atoms with Gasteiger partial charge >= 0.3 is 0 Å². The summed E-state index contributed by atoms with van der Waals surface area (Å²) in [6.45, 7) is 2.21. The summed E-state index contributed by atoms with van der Waals surface area (Å²) in [5.41, 5.74) is 2.77. The molecule has 2 N–H and O–H groups in total. The van der Waals surface area contributed by atoms with Crippen LogP contribution in [0.4, 0.5) is 0 Å². The van der Waals surface area contributed by atoms with Crippen molar-refractivity contribution in [2.24, 2.45) is 0 Å². The zero-order valence-corrected chi connectivity index (χ0v) is 14.7. The maximum Gasteiger partial charge on any atom is 0.168 e.